The number of rotatable bonds is 3. The van der Waals surface area contributed by atoms with Crippen LogP contribution < -0.4 is 4.57 Å². The number of aromatic nitrogens is 1. The maximum Gasteiger partial charge on any atom is 0.216 e. The second kappa shape index (κ2) is 8.64. The molecule has 0 aliphatic carbocycles. The minimum absolute atomic E-state index is 0.0329. The summed E-state index contributed by atoms with van der Waals surface area (Å²) < 4.78 is 84.7. The van der Waals surface area contributed by atoms with Gasteiger partial charge in [0.2, 0.25) is 5.69 Å². The standard InChI is InChI=1S/C33H33N2O/c1-20-12-14-25-31-27(34-7)10-9-11-29(31)36-32(25)30(20)28-17-26(22(3)19-35(28)8)24-15-13-23(16-21(24)2)18-33(4,5)6/h9-17,19H,18H2,1-6,8H3/q+1/i2D3,3D3,15D,18D2. The summed E-state index contributed by atoms with van der Waals surface area (Å²) >= 11 is 0. The largest absolute Gasteiger partial charge is 0.457 e. The first kappa shape index (κ1) is 15.3. The molecule has 180 valence electrons. The van der Waals surface area contributed by atoms with Crippen LogP contribution in [-0.4, -0.2) is 0 Å². The molecule has 0 unspecified atom stereocenters. The number of hydrogen-bond donors (Lipinski definition) is 0. The van der Waals surface area contributed by atoms with Crippen molar-refractivity contribution < 1.29 is 21.3 Å². The molecule has 0 atom stereocenters. The van der Waals surface area contributed by atoms with E-state index in [9.17, 15) is 0 Å². The molecule has 0 N–H and O–H groups in total. The van der Waals surface area contributed by atoms with E-state index in [0.717, 1.165) is 5.56 Å². The van der Waals surface area contributed by atoms with Crippen molar-refractivity contribution in [1.29, 1.82) is 0 Å². The highest BCUT2D eigenvalue weighted by molar-refractivity contribution is 6.15. The maximum absolute atomic E-state index is 9.02. The van der Waals surface area contributed by atoms with E-state index in [1.54, 1.807) is 56.7 Å². The Kier molecular flexibility index (Phi) is 3.66. The molecule has 2 aromatic heterocycles. The highest BCUT2D eigenvalue weighted by Gasteiger charge is 2.24. The van der Waals surface area contributed by atoms with Gasteiger partial charge in [-0.15, -0.1) is 0 Å². The van der Waals surface area contributed by atoms with E-state index < -0.39 is 25.5 Å². The van der Waals surface area contributed by atoms with Gasteiger partial charge in [-0.1, -0.05) is 63.2 Å². The zero-order chi connectivity index (χ0) is 33.4. The number of nitrogens with zero attached hydrogens (tertiary/aromatic N) is 2. The van der Waals surface area contributed by atoms with Gasteiger partial charge in [0.25, 0.3) is 0 Å². The van der Waals surface area contributed by atoms with Crippen molar-refractivity contribution in [1.82, 2.24) is 0 Å². The molecule has 0 amide bonds. The van der Waals surface area contributed by atoms with Crippen molar-refractivity contribution in [3.63, 3.8) is 0 Å². The summed E-state index contributed by atoms with van der Waals surface area (Å²) in [6.07, 6.45) is -0.561. The minimum Gasteiger partial charge on any atom is -0.457 e. The Bertz CT molecular complexity index is 2040. The van der Waals surface area contributed by atoms with Crippen LogP contribution in [0.2, 0.25) is 0 Å². The van der Waals surface area contributed by atoms with E-state index in [2.05, 4.69) is 4.85 Å². The summed E-state index contributed by atoms with van der Waals surface area (Å²) in [6, 6.07) is 12.8. The Hall–Kier alpha value is -3.90. The Labute approximate surface area is 226 Å². The molecule has 0 radical (unpaired) electrons. The number of benzene rings is 3. The van der Waals surface area contributed by atoms with Gasteiger partial charge in [0, 0.05) is 33.4 Å². The van der Waals surface area contributed by atoms with Crippen LogP contribution in [0.15, 0.2) is 65.2 Å². The molecule has 3 heteroatoms. The third kappa shape index (κ3) is 4.07. The van der Waals surface area contributed by atoms with Crippen LogP contribution >= 0.6 is 0 Å². The topological polar surface area (TPSA) is 21.4 Å². The molecule has 0 aliphatic heterocycles. The summed E-state index contributed by atoms with van der Waals surface area (Å²) in [5.41, 5.74) is 1.98. The van der Waals surface area contributed by atoms with Gasteiger partial charge >= 0.3 is 0 Å². The first-order chi connectivity index (χ1) is 20.7. The number of fused-ring (bicyclic) bond motifs is 3. The normalized spacial score (nSPS) is 16.6. The van der Waals surface area contributed by atoms with E-state index in [0.29, 0.717) is 38.9 Å². The summed E-state index contributed by atoms with van der Waals surface area (Å²) in [7, 11) is 1.69. The van der Waals surface area contributed by atoms with Gasteiger partial charge in [-0.3, -0.25) is 0 Å². The third-order valence-electron chi connectivity index (χ3n) is 6.23. The number of furan rings is 1. The van der Waals surface area contributed by atoms with Crippen molar-refractivity contribution in [2.75, 3.05) is 0 Å². The highest BCUT2D eigenvalue weighted by atomic mass is 16.3. The molecule has 0 spiro atoms. The average Bonchev–Trinajstić information content (AvgIpc) is 3.30. The Morgan fingerprint density at radius 3 is 2.58 bits per heavy atom. The average molecular weight is 483 g/mol. The monoisotopic (exact) mass is 482 g/mol. The van der Waals surface area contributed by atoms with Crippen LogP contribution in [0.4, 0.5) is 5.69 Å². The molecule has 0 saturated carbocycles. The molecule has 0 fully saturated rings. The van der Waals surface area contributed by atoms with E-state index in [1.165, 1.54) is 18.3 Å². The Morgan fingerprint density at radius 2 is 1.86 bits per heavy atom. The van der Waals surface area contributed by atoms with Gasteiger partial charge in [-0.2, -0.15) is 0 Å². The van der Waals surface area contributed by atoms with Crippen molar-refractivity contribution >= 4 is 27.6 Å². The van der Waals surface area contributed by atoms with E-state index >= 15 is 0 Å². The zero-order valence-electron chi connectivity index (χ0n) is 30.0. The van der Waals surface area contributed by atoms with Crippen molar-refractivity contribution in [2.24, 2.45) is 12.5 Å². The van der Waals surface area contributed by atoms with Crippen LogP contribution in [0.25, 0.3) is 49.2 Å². The molecule has 0 aliphatic rings. The fourth-order valence-electron chi connectivity index (χ4n) is 4.71. The predicted molar refractivity (Wildman–Crippen MR) is 149 cm³/mol. The van der Waals surface area contributed by atoms with Gasteiger partial charge in [0.1, 0.15) is 18.2 Å². The van der Waals surface area contributed by atoms with Crippen molar-refractivity contribution in [2.45, 2.75) is 47.8 Å². The molecule has 5 aromatic rings. The lowest BCUT2D eigenvalue weighted by molar-refractivity contribution is -0.660. The fourth-order valence-corrected chi connectivity index (χ4v) is 4.71. The fraction of sp³-hybridized carbons (Fsp3) is 0.273. The van der Waals surface area contributed by atoms with Crippen LogP contribution in [0.3, 0.4) is 0 Å². The third-order valence-corrected chi connectivity index (χ3v) is 6.23. The Balaban J connectivity index is 1.91. The van der Waals surface area contributed by atoms with Gasteiger partial charge in [-0.05, 0) is 66.3 Å². The molecule has 36 heavy (non-hydrogen) atoms. The summed E-state index contributed by atoms with van der Waals surface area (Å²) in [5.74, 6) is 0. The molecular weight excluding hydrogens is 440 g/mol. The minimum atomic E-state index is -2.79. The molecule has 0 saturated heterocycles. The van der Waals surface area contributed by atoms with Crippen LogP contribution in [-0.2, 0) is 13.4 Å². The second-order valence-corrected chi connectivity index (χ2v) is 10.1. The molecular formula is C33H33N2O+. The van der Waals surface area contributed by atoms with Gasteiger partial charge in [0.05, 0.1) is 13.5 Å². The number of aryl methyl sites for hydroxylation is 4. The van der Waals surface area contributed by atoms with E-state index in [4.69, 9.17) is 23.3 Å². The molecule has 5 rings (SSSR count). The second-order valence-electron chi connectivity index (χ2n) is 10.1. The zero-order valence-corrected chi connectivity index (χ0v) is 21.0. The SMILES string of the molecule is [2H]c1cc(C([2H])([2H])C(C)(C)C)cc(C([2H])([2H])[2H])c1-c1cc(-c2c(C)ccc3c2oc2cccc([N+]#[C-])c23)[n+](C)cc1C([2H])([2H])[2H]. The quantitative estimate of drug-likeness (QED) is 0.186. The van der Waals surface area contributed by atoms with Crippen molar-refractivity contribution in [3.8, 4) is 22.4 Å². The maximum atomic E-state index is 9.02. The lowest BCUT2D eigenvalue weighted by Gasteiger charge is -2.19. The molecule has 2 heterocycles. The smallest absolute Gasteiger partial charge is 0.216 e. The van der Waals surface area contributed by atoms with Crippen LogP contribution in [0.5, 0.6) is 0 Å². The lowest BCUT2D eigenvalue weighted by Crippen LogP contribution is -2.31. The summed E-state index contributed by atoms with van der Waals surface area (Å²) in [4.78, 5) is 3.66. The van der Waals surface area contributed by atoms with E-state index in [1.807, 2.05) is 19.1 Å². The molecule has 0 bridgehead atoms. The summed E-state index contributed by atoms with van der Waals surface area (Å²) in [6.45, 7) is 9.15. The van der Waals surface area contributed by atoms with E-state index in [-0.39, 0.29) is 33.9 Å². The first-order valence-electron chi connectivity index (χ1n) is 16.2. The highest BCUT2D eigenvalue weighted by Crippen LogP contribution is 2.41. The van der Waals surface area contributed by atoms with Crippen LogP contribution in [0, 0.1) is 32.6 Å². The summed E-state index contributed by atoms with van der Waals surface area (Å²) in [5, 5.41) is 1.37. The first-order valence-corrected chi connectivity index (χ1v) is 11.7. The molecule has 3 aromatic carbocycles. The van der Waals surface area contributed by atoms with Gasteiger partial charge in [0.15, 0.2) is 11.9 Å². The van der Waals surface area contributed by atoms with Gasteiger partial charge in [-0.25, -0.2) is 9.41 Å². The predicted octanol–water partition coefficient (Wildman–Crippen LogP) is 8.81. The van der Waals surface area contributed by atoms with Crippen LogP contribution in [0.1, 0.15) is 55.4 Å². The number of hydrogen-bond acceptors (Lipinski definition) is 1. The Morgan fingerprint density at radius 1 is 1.06 bits per heavy atom. The van der Waals surface area contributed by atoms with Gasteiger partial charge < -0.3 is 4.42 Å². The molecule has 3 nitrogen and oxygen atoms in total. The number of pyridine rings is 1. The van der Waals surface area contributed by atoms with Crippen molar-refractivity contribution in [3.05, 3.63) is 94.4 Å². The lowest BCUT2D eigenvalue weighted by atomic mass is 9.86.